The van der Waals surface area contributed by atoms with Crippen LogP contribution in [-0.2, 0) is 0 Å². The summed E-state index contributed by atoms with van der Waals surface area (Å²) in [6, 6.07) is 4.33. The van der Waals surface area contributed by atoms with Crippen LogP contribution in [0, 0.1) is 0 Å². The van der Waals surface area contributed by atoms with Gasteiger partial charge in [0.25, 0.3) is 0 Å². The van der Waals surface area contributed by atoms with Crippen molar-refractivity contribution < 1.29 is 4.79 Å². The van der Waals surface area contributed by atoms with Crippen LogP contribution in [0.1, 0.15) is 10.4 Å². The van der Waals surface area contributed by atoms with Crippen LogP contribution >= 0.6 is 0 Å². The van der Waals surface area contributed by atoms with E-state index in [0.29, 0.717) is 11.6 Å². The first-order chi connectivity index (χ1) is 9.24. The lowest BCUT2D eigenvalue weighted by atomic mass is 10.1. The first-order valence-corrected chi connectivity index (χ1v) is 6.69. The van der Waals surface area contributed by atoms with Crippen molar-refractivity contribution in [2.24, 2.45) is 5.73 Å². The molecule has 0 saturated carbocycles. The summed E-state index contributed by atoms with van der Waals surface area (Å²) in [5.41, 5.74) is 5.67. The largest absolute Gasteiger partial charge is 0.366 e. The van der Waals surface area contributed by atoms with Crippen LogP contribution in [0.15, 0.2) is 18.3 Å². The van der Waals surface area contributed by atoms with E-state index in [4.69, 9.17) is 5.73 Å². The zero-order chi connectivity index (χ0) is 13.2. The van der Waals surface area contributed by atoms with Gasteiger partial charge in [-0.15, -0.1) is 0 Å². The van der Waals surface area contributed by atoms with Gasteiger partial charge in [-0.05, 0) is 12.1 Å². The zero-order valence-corrected chi connectivity index (χ0v) is 10.9. The molecule has 6 nitrogen and oxygen atoms in total. The molecule has 3 heterocycles. The summed E-state index contributed by atoms with van der Waals surface area (Å²) in [7, 11) is 0. The zero-order valence-electron chi connectivity index (χ0n) is 10.9. The maximum atomic E-state index is 11.0. The van der Waals surface area contributed by atoms with Crippen LogP contribution in [0.4, 0.5) is 5.82 Å². The van der Waals surface area contributed by atoms with E-state index < -0.39 is 5.91 Å². The van der Waals surface area contributed by atoms with Crippen molar-refractivity contribution in [3.63, 3.8) is 0 Å². The molecule has 3 rings (SSSR count). The van der Waals surface area contributed by atoms with Crippen molar-refractivity contribution in [3.8, 4) is 0 Å². The second-order valence-electron chi connectivity index (χ2n) is 5.10. The van der Waals surface area contributed by atoms with E-state index >= 15 is 0 Å². The maximum absolute atomic E-state index is 11.0. The first-order valence-electron chi connectivity index (χ1n) is 6.69. The normalized spacial score (nSPS) is 21.2. The highest BCUT2D eigenvalue weighted by Gasteiger charge is 2.27. The SMILES string of the molecule is NC(=O)c1ccc(N2CCN(C3CNC3)CC2)nc1. The Balaban J connectivity index is 1.59. The molecule has 2 aliphatic rings. The van der Waals surface area contributed by atoms with Gasteiger partial charge in [0.2, 0.25) is 5.91 Å². The Labute approximate surface area is 112 Å². The highest BCUT2D eigenvalue weighted by Crippen LogP contribution is 2.16. The fourth-order valence-electron chi connectivity index (χ4n) is 2.57. The molecule has 19 heavy (non-hydrogen) atoms. The van der Waals surface area contributed by atoms with Crippen molar-refractivity contribution in [2.45, 2.75) is 6.04 Å². The molecular formula is C13H19N5O. The van der Waals surface area contributed by atoms with Gasteiger partial charge < -0.3 is 16.0 Å². The Bertz CT molecular complexity index is 449. The van der Waals surface area contributed by atoms with E-state index in [0.717, 1.165) is 45.1 Å². The van der Waals surface area contributed by atoms with Crippen LogP contribution in [0.3, 0.4) is 0 Å². The molecule has 0 unspecified atom stereocenters. The topological polar surface area (TPSA) is 74.5 Å². The highest BCUT2D eigenvalue weighted by molar-refractivity contribution is 5.92. The Hall–Kier alpha value is -1.66. The number of pyridine rings is 1. The fraction of sp³-hybridized carbons (Fsp3) is 0.538. The van der Waals surface area contributed by atoms with Crippen molar-refractivity contribution >= 4 is 11.7 Å². The number of carbonyl (C=O) groups is 1. The van der Waals surface area contributed by atoms with Gasteiger partial charge in [-0.2, -0.15) is 0 Å². The minimum Gasteiger partial charge on any atom is -0.366 e. The van der Waals surface area contributed by atoms with E-state index in [1.54, 1.807) is 12.3 Å². The highest BCUT2D eigenvalue weighted by atomic mass is 16.1. The first kappa shape index (κ1) is 12.4. The van der Waals surface area contributed by atoms with Crippen LogP contribution in [0.25, 0.3) is 0 Å². The quantitative estimate of drug-likeness (QED) is 0.751. The Kier molecular flexibility index (Phi) is 3.35. The van der Waals surface area contributed by atoms with Crippen LogP contribution in [0.2, 0.25) is 0 Å². The number of hydrogen-bond acceptors (Lipinski definition) is 5. The number of primary amides is 1. The van der Waals surface area contributed by atoms with Crippen molar-refractivity contribution in [1.29, 1.82) is 0 Å². The second-order valence-corrected chi connectivity index (χ2v) is 5.10. The Morgan fingerprint density at radius 1 is 1.26 bits per heavy atom. The lowest BCUT2D eigenvalue weighted by molar-refractivity contribution is 0.1000. The van der Waals surface area contributed by atoms with Crippen molar-refractivity contribution in [2.75, 3.05) is 44.2 Å². The average Bonchev–Trinajstić information content (AvgIpc) is 2.38. The summed E-state index contributed by atoms with van der Waals surface area (Å²) in [4.78, 5) is 20.1. The van der Waals surface area contributed by atoms with E-state index in [1.807, 2.05) is 6.07 Å². The molecule has 0 spiro atoms. The Morgan fingerprint density at radius 2 is 2.00 bits per heavy atom. The molecule has 1 aromatic rings. The third-order valence-electron chi connectivity index (χ3n) is 3.95. The van der Waals surface area contributed by atoms with Gasteiger partial charge in [0.1, 0.15) is 5.82 Å². The third kappa shape index (κ3) is 2.54. The molecular weight excluding hydrogens is 242 g/mol. The van der Waals surface area contributed by atoms with E-state index in [-0.39, 0.29) is 0 Å². The molecule has 2 fully saturated rings. The Morgan fingerprint density at radius 3 is 2.47 bits per heavy atom. The van der Waals surface area contributed by atoms with Gasteiger partial charge in [0.15, 0.2) is 0 Å². The predicted octanol–water partition coefficient (Wildman–Crippen LogP) is -0.726. The predicted molar refractivity (Wildman–Crippen MR) is 73.2 cm³/mol. The monoisotopic (exact) mass is 261 g/mol. The van der Waals surface area contributed by atoms with E-state index in [9.17, 15) is 4.79 Å². The molecule has 0 radical (unpaired) electrons. The molecule has 0 aliphatic carbocycles. The van der Waals surface area contributed by atoms with Crippen molar-refractivity contribution in [1.82, 2.24) is 15.2 Å². The molecule has 2 aliphatic heterocycles. The number of carbonyl (C=O) groups excluding carboxylic acids is 1. The summed E-state index contributed by atoms with van der Waals surface area (Å²) in [6.45, 7) is 6.35. The summed E-state index contributed by atoms with van der Waals surface area (Å²) in [5.74, 6) is 0.498. The van der Waals surface area contributed by atoms with Gasteiger partial charge in [-0.1, -0.05) is 0 Å². The summed E-state index contributed by atoms with van der Waals surface area (Å²) < 4.78 is 0. The summed E-state index contributed by atoms with van der Waals surface area (Å²) >= 11 is 0. The van der Waals surface area contributed by atoms with Gasteiger partial charge >= 0.3 is 0 Å². The number of nitrogens with two attached hydrogens (primary N) is 1. The number of hydrogen-bond donors (Lipinski definition) is 2. The van der Waals surface area contributed by atoms with Gasteiger partial charge in [0.05, 0.1) is 5.56 Å². The summed E-state index contributed by atoms with van der Waals surface area (Å²) in [6.07, 6.45) is 1.56. The van der Waals surface area contributed by atoms with Crippen LogP contribution in [0.5, 0.6) is 0 Å². The maximum Gasteiger partial charge on any atom is 0.250 e. The number of piperazine rings is 1. The fourth-order valence-corrected chi connectivity index (χ4v) is 2.57. The van der Waals surface area contributed by atoms with Gasteiger partial charge in [-0.3, -0.25) is 9.69 Å². The smallest absolute Gasteiger partial charge is 0.250 e. The second kappa shape index (κ2) is 5.14. The number of anilines is 1. The molecule has 0 bridgehead atoms. The number of rotatable bonds is 3. The lowest BCUT2D eigenvalue weighted by Gasteiger charge is -2.43. The lowest BCUT2D eigenvalue weighted by Crippen LogP contribution is -2.61. The van der Waals surface area contributed by atoms with Crippen LogP contribution < -0.4 is 16.0 Å². The van der Waals surface area contributed by atoms with Gasteiger partial charge in [0, 0.05) is 51.5 Å². The molecule has 3 N–H and O–H groups in total. The number of nitrogens with one attached hydrogen (secondary N) is 1. The molecule has 2 saturated heterocycles. The summed E-state index contributed by atoms with van der Waals surface area (Å²) in [5, 5.41) is 3.31. The minimum absolute atomic E-state index is 0.429. The molecule has 6 heteroatoms. The number of nitrogens with zero attached hydrogens (tertiary/aromatic N) is 3. The standard InChI is InChI=1S/C13H19N5O/c14-13(19)10-1-2-12(16-7-10)18-5-3-17(4-6-18)11-8-15-9-11/h1-2,7,11,15H,3-6,8-9H2,(H2,14,19). The van der Waals surface area contributed by atoms with Crippen molar-refractivity contribution in [3.05, 3.63) is 23.9 Å². The van der Waals surface area contributed by atoms with Gasteiger partial charge in [-0.25, -0.2) is 4.98 Å². The molecule has 102 valence electrons. The minimum atomic E-state index is -0.429. The number of amides is 1. The van der Waals surface area contributed by atoms with Crippen LogP contribution in [-0.4, -0.2) is 61.1 Å². The molecule has 0 aromatic carbocycles. The molecule has 0 atom stereocenters. The molecule has 1 aromatic heterocycles. The van der Waals surface area contributed by atoms with E-state index in [1.165, 1.54) is 0 Å². The number of aromatic nitrogens is 1. The third-order valence-corrected chi connectivity index (χ3v) is 3.95. The molecule has 1 amide bonds. The average molecular weight is 261 g/mol. The van der Waals surface area contributed by atoms with E-state index in [2.05, 4.69) is 20.1 Å².